The lowest BCUT2D eigenvalue weighted by molar-refractivity contribution is 0.0231. The molecule has 1 heterocycles. The van der Waals surface area contributed by atoms with Gasteiger partial charge in [-0.05, 0) is 39.1 Å². The van der Waals surface area contributed by atoms with Crippen LogP contribution < -0.4 is 0 Å². The van der Waals surface area contributed by atoms with Gasteiger partial charge < -0.3 is 4.74 Å². The highest BCUT2D eigenvalue weighted by Crippen LogP contribution is 2.21. The molecule has 6 nitrogen and oxygen atoms in total. The second-order valence-corrected chi connectivity index (χ2v) is 4.50. The quantitative estimate of drug-likeness (QED) is 0.380. The standard InChI is InChI=1S/C9H16N4O2/c1-9(2,3)15-8(14)13-6-4-5-7(13)11-12-10/h7H,4-6H2,1-3H3. The van der Waals surface area contributed by atoms with Gasteiger partial charge in [0.15, 0.2) is 0 Å². The zero-order chi connectivity index (χ0) is 11.5. The number of ether oxygens (including phenoxy) is 1. The molecule has 1 aliphatic rings. The largest absolute Gasteiger partial charge is 0.444 e. The Morgan fingerprint density at radius 1 is 1.60 bits per heavy atom. The average Bonchev–Trinajstić information content (AvgIpc) is 2.49. The molecule has 0 aromatic rings. The van der Waals surface area contributed by atoms with Crippen molar-refractivity contribution >= 4 is 6.09 Å². The minimum atomic E-state index is -0.513. The van der Waals surface area contributed by atoms with E-state index in [2.05, 4.69) is 10.0 Å². The Hall–Kier alpha value is -1.42. The summed E-state index contributed by atoms with van der Waals surface area (Å²) in [6, 6.07) is 0. The predicted octanol–water partition coefficient (Wildman–Crippen LogP) is 2.65. The highest BCUT2D eigenvalue weighted by atomic mass is 16.6. The first-order chi connectivity index (χ1) is 6.94. The lowest BCUT2D eigenvalue weighted by atomic mass is 10.2. The topological polar surface area (TPSA) is 78.3 Å². The first kappa shape index (κ1) is 11.7. The van der Waals surface area contributed by atoms with Gasteiger partial charge in [0.2, 0.25) is 0 Å². The van der Waals surface area contributed by atoms with Crippen LogP contribution in [0, 0.1) is 0 Å². The van der Waals surface area contributed by atoms with Gasteiger partial charge in [-0.2, -0.15) is 0 Å². The maximum absolute atomic E-state index is 11.7. The molecule has 1 rings (SSSR count). The fourth-order valence-electron chi connectivity index (χ4n) is 1.46. The number of hydrogen-bond acceptors (Lipinski definition) is 3. The lowest BCUT2D eigenvalue weighted by Gasteiger charge is -2.26. The third kappa shape index (κ3) is 3.32. The Labute approximate surface area is 88.8 Å². The minimum absolute atomic E-state index is 0.384. The number of nitrogens with zero attached hydrogens (tertiary/aromatic N) is 4. The van der Waals surface area contributed by atoms with Gasteiger partial charge in [-0.25, -0.2) is 4.79 Å². The minimum Gasteiger partial charge on any atom is -0.444 e. The van der Waals surface area contributed by atoms with Crippen molar-refractivity contribution in [3.63, 3.8) is 0 Å². The molecule has 1 saturated heterocycles. The number of hydrogen-bond donors (Lipinski definition) is 0. The molecule has 1 aliphatic heterocycles. The van der Waals surface area contributed by atoms with Crippen molar-refractivity contribution < 1.29 is 9.53 Å². The summed E-state index contributed by atoms with van der Waals surface area (Å²) < 4.78 is 5.20. The van der Waals surface area contributed by atoms with E-state index in [0.717, 1.165) is 6.42 Å². The number of amides is 1. The highest BCUT2D eigenvalue weighted by molar-refractivity contribution is 5.68. The number of likely N-dealkylation sites (tertiary alicyclic amines) is 1. The molecule has 0 bridgehead atoms. The van der Waals surface area contributed by atoms with Crippen molar-refractivity contribution in [2.24, 2.45) is 5.11 Å². The Kier molecular flexibility index (Phi) is 3.42. The fraction of sp³-hybridized carbons (Fsp3) is 0.889. The molecule has 15 heavy (non-hydrogen) atoms. The summed E-state index contributed by atoms with van der Waals surface area (Å²) in [6.45, 7) is 6.02. The Morgan fingerprint density at radius 2 is 2.27 bits per heavy atom. The number of carbonyl (C=O) groups excluding carboxylic acids is 1. The molecular formula is C9H16N4O2. The van der Waals surface area contributed by atoms with Gasteiger partial charge in [0.25, 0.3) is 0 Å². The van der Waals surface area contributed by atoms with Crippen molar-refractivity contribution in [2.75, 3.05) is 6.54 Å². The van der Waals surface area contributed by atoms with Crippen LogP contribution >= 0.6 is 0 Å². The molecule has 1 amide bonds. The van der Waals surface area contributed by atoms with E-state index >= 15 is 0 Å². The number of rotatable bonds is 1. The fourth-order valence-corrected chi connectivity index (χ4v) is 1.46. The summed E-state index contributed by atoms with van der Waals surface area (Å²) in [5.74, 6) is 0. The third-order valence-electron chi connectivity index (χ3n) is 2.03. The second-order valence-electron chi connectivity index (χ2n) is 4.50. The molecule has 0 aromatic carbocycles. The first-order valence-corrected chi connectivity index (χ1v) is 4.98. The van der Waals surface area contributed by atoms with E-state index in [-0.39, 0.29) is 6.17 Å². The van der Waals surface area contributed by atoms with Crippen LogP contribution in [0.1, 0.15) is 33.6 Å². The number of carbonyl (C=O) groups is 1. The zero-order valence-electron chi connectivity index (χ0n) is 9.30. The van der Waals surface area contributed by atoms with Crippen LogP contribution in [0.3, 0.4) is 0 Å². The molecule has 0 radical (unpaired) electrons. The van der Waals surface area contributed by atoms with Crippen molar-refractivity contribution in [1.29, 1.82) is 0 Å². The summed E-state index contributed by atoms with van der Waals surface area (Å²) in [4.78, 5) is 15.9. The van der Waals surface area contributed by atoms with Crippen molar-refractivity contribution in [2.45, 2.75) is 45.4 Å². The summed E-state index contributed by atoms with van der Waals surface area (Å²) in [6.07, 6.45) is 0.772. The molecule has 0 N–H and O–H groups in total. The van der Waals surface area contributed by atoms with E-state index in [1.807, 2.05) is 20.8 Å². The van der Waals surface area contributed by atoms with Crippen LogP contribution in [-0.2, 0) is 4.74 Å². The van der Waals surface area contributed by atoms with Crippen LogP contribution in [0.15, 0.2) is 5.11 Å². The van der Waals surface area contributed by atoms with Gasteiger partial charge in [-0.15, -0.1) is 0 Å². The van der Waals surface area contributed by atoms with E-state index < -0.39 is 11.7 Å². The van der Waals surface area contributed by atoms with Gasteiger partial charge in [0, 0.05) is 11.5 Å². The summed E-state index contributed by atoms with van der Waals surface area (Å²) in [7, 11) is 0. The van der Waals surface area contributed by atoms with Crippen molar-refractivity contribution in [3.8, 4) is 0 Å². The monoisotopic (exact) mass is 212 g/mol. The van der Waals surface area contributed by atoms with E-state index in [0.29, 0.717) is 13.0 Å². The highest BCUT2D eigenvalue weighted by Gasteiger charge is 2.31. The Morgan fingerprint density at radius 3 is 2.80 bits per heavy atom. The molecule has 84 valence electrons. The van der Waals surface area contributed by atoms with Crippen LogP contribution in [0.5, 0.6) is 0 Å². The van der Waals surface area contributed by atoms with Gasteiger partial charge in [-0.3, -0.25) is 4.90 Å². The van der Waals surface area contributed by atoms with Crippen LogP contribution in [0.4, 0.5) is 4.79 Å². The van der Waals surface area contributed by atoms with Crippen LogP contribution in [-0.4, -0.2) is 29.3 Å². The zero-order valence-corrected chi connectivity index (χ0v) is 9.30. The van der Waals surface area contributed by atoms with Gasteiger partial charge in [0.1, 0.15) is 11.8 Å². The Balaban J connectivity index is 2.62. The van der Waals surface area contributed by atoms with E-state index in [4.69, 9.17) is 10.3 Å². The summed E-state index contributed by atoms with van der Waals surface area (Å²) in [5.41, 5.74) is 7.83. The van der Waals surface area contributed by atoms with Crippen molar-refractivity contribution in [1.82, 2.24) is 4.90 Å². The molecular weight excluding hydrogens is 196 g/mol. The molecule has 1 fully saturated rings. The van der Waals surface area contributed by atoms with E-state index in [1.165, 1.54) is 4.90 Å². The molecule has 0 saturated carbocycles. The van der Waals surface area contributed by atoms with Gasteiger partial charge in [-0.1, -0.05) is 5.11 Å². The molecule has 1 unspecified atom stereocenters. The molecule has 6 heteroatoms. The van der Waals surface area contributed by atoms with Gasteiger partial charge >= 0.3 is 6.09 Å². The third-order valence-corrected chi connectivity index (χ3v) is 2.03. The maximum atomic E-state index is 11.7. The van der Waals surface area contributed by atoms with Gasteiger partial charge in [0.05, 0.1) is 0 Å². The first-order valence-electron chi connectivity index (χ1n) is 4.98. The van der Waals surface area contributed by atoms with E-state index in [9.17, 15) is 4.79 Å². The molecule has 0 aromatic heterocycles. The SMILES string of the molecule is CC(C)(C)OC(=O)N1CCCC1N=[N+]=[N-]. The normalized spacial score (nSPS) is 21.0. The summed E-state index contributed by atoms with van der Waals surface area (Å²) >= 11 is 0. The predicted molar refractivity (Wildman–Crippen MR) is 55.1 cm³/mol. The Bertz CT molecular complexity index is 291. The second kappa shape index (κ2) is 4.40. The number of azide groups is 1. The molecule has 0 spiro atoms. The average molecular weight is 212 g/mol. The summed E-state index contributed by atoms with van der Waals surface area (Å²) in [5, 5.41) is 3.56. The smallest absolute Gasteiger partial charge is 0.410 e. The van der Waals surface area contributed by atoms with Crippen molar-refractivity contribution in [3.05, 3.63) is 10.4 Å². The maximum Gasteiger partial charge on any atom is 0.410 e. The molecule has 0 aliphatic carbocycles. The van der Waals surface area contributed by atoms with Crippen LogP contribution in [0.25, 0.3) is 10.4 Å². The lowest BCUT2D eigenvalue weighted by Crippen LogP contribution is -2.38. The van der Waals surface area contributed by atoms with E-state index in [1.54, 1.807) is 0 Å². The van der Waals surface area contributed by atoms with Crippen LogP contribution in [0.2, 0.25) is 0 Å². The molecule has 1 atom stereocenters.